The summed E-state index contributed by atoms with van der Waals surface area (Å²) in [4.78, 5) is 43.5. The third-order valence-corrected chi connectivity index (χ3v) is 14.3. The highest BCUT2D eigenvalue weighted by Crippen LogP contribution is 2.60. The fourth-order valence-corrected chi connectivity index (χ4v) is 11.8. The van der Waals surface area contributed by atoms with Crippen LogP contribution in [0.1, 0.15) is 53.6 Å². The minimum Gasteiger partial charge on any atom is -0.497 e. The Morgan fingerprint density at radius 3 is 2.44 bits per heavy atom. The molecule has 8 rings (SSSR count). The Kier molecular flexibility index (Phi) is 9.70. The van der Waals surface area contributed by atoms with E-state index in [0.29, 0.717) is 37.4 Å². The molecule has 284 valence electrons. The molecule has 0 aliphatic carbocycles. The molecule has 2 N–H and O–H groups in total. The second-order valence-electron chi connectivity index (χ2n) is 15.5. The molecule has 0 radical (unpaired) electrons. The number of nitrogens with zero attached hydrogens (tertiary/aromatic N) is 5. The number of benzene rings is 4. The number of ether oxygens (including phenoxy) is 2. The normalized spacial score (nSPS) is 22.6. The summed E-state index contributed by atoms with van der Waals surface area (Å²) in [5.74, 6) is -0.139. The Morgan fingerprint density at radius 2 is 1.71 bits per heavy atom. The zero-order chi connectivity index (χ0) is 38.5. The van der Waals surface area contributed by atoms with Gasteiger partial charge in [-0.05, 0) is 79.0 Å². The molecule has 2 amide bonds. The molecular weight excluding hydrogens is 711 g/mol. The Morgan fingerprint density at radius 1 is 0.964 bits per heavy atom. The van der Waals surface area contributed by atoms with Gasteiger partial charge in [0.1, 0.15) is 5.75 Å². The van der Waals surface area contributed by atoms with E-state index in [1.54, 1.807) is 21.6 Å². The van der Waals surface area contributed by atoms with Crippen LogP contribution in [0.25, 0.3) is 0 Å². The summed E-state index contributed by atoms with van der Waals surface area (Å²) in [5, 5.41) is 19.0. The summed E-state index contributed by atoms with van der Waals surface area (Å²) < 4.78 is 14.5. The van der Waals surface area contributed by atoms with Gasteiger partial charge in [-0.25, -0.2) is 0 Å². The quantitative estimate of drug-likeness (QED) is 0.147. The van der Waals surface area contributed by atoms with E-state index in [9.17, 15) is 14.7 Å². The lowest BCUT2D eigenvalue weighted by atomic mass is 9.82. The molecule has 1 saturated heterocycles. The lowest BCUT2D eigenvalue weighted by Gasteiger charge is -2.32. The smallest absolute Gasteiger partial charge is 0.264 e. The van der Waals surface area contributed by atoms with E-state index in [1.165, 1.54) is 0 Å². The SMILES string of the molecule is COc1ccc2c(c1)[C@@]1(O[C@H](CCn3cc(C(CO)c4ccccc4)nn3)[C@@H]([Si](C)(C)O)[C@@H]1C)C(=O)N2Cc1ccc(N2C(=O)CCc3ccccc32)cc1. The van der Waals surface area contributed by atoms with Gasteiger partial charge in [0.2, 0.25) is 5.91 Å². The molecule has 1 fully saturated rings. The van der Waals surface area contributed by atoms with Crippen molar-refractivity contribution in [3.63, 3.8) is 0 Å². The highest BCUT2D eigenvalue weighted by atomic mass is 28.4. The van der Waals surface area contributed by atoms with Crippen molar-refractivity contribution in [2.75, 3.05) is 23.5 Å². The molecule has 4 heterocycles. The number of anilines is 3. The number of carbonyl (C=O) groups is 2. The number of rotatable bonds is 11. The number of fused-ring (bicyclic) bond motifs is 3. The van der Waals surface area contributed by atoms with Crippen LogP contribution in [0.15, 0.2) is 103 Å². The number of carbonyl (C=O) groups excluding carboxylic acids is 2. The summed E-state index contributed by atoms with van der Waals surface area (Å²) in [5.41, 5.74) is 5.25. The number of amides is 2. The van der Waals surface area contributed by atoms with Crippen LogP contribution in [0.4, 0.5) is 17.1 Å². The van der Waals surface area contributed by atoms with Crippen molar-refractivity contribution in [2.24, 2.45) is 5.92 Å². The molecule has 4 aromatic carbocycles. The summed E-state index contributed by atoms with van der Waals surface area (Å²) >= 11 is 0. The molecule has 55 heavy (non-hydrogen) atoms. The van der Waals surface area contributed by atoms with Gasteiger partial charge in [0, 0.05) is 41.9 Å². The third kappa shape index (κ3) is 6.46. The zero-order valence-corrected chi connectivity index (χ0v) is 32.6. The maximum Gasteiger partial charge on any atom is 0.264 e. The van der Waals surface area contributed by atoms with Crippen LogP contribution in [-0.2, 0) is 39.4 Å². The number of aryl methyl sites for hydroxylation is 2. The number of aromatic nitrogens is 3. The first-order chi connectivity index (χ1) is 26.5. The molecule has 1 unspecified atom stereocenters. The van der Waals surface area contributed by atoms with Crippen molar-refractivity contribution >= 4 is 37.2 Å². The van der Waals surface area contributed by atoms with Gasteiger partial charge in [-0.15, -0.1) is 5.10 Å². The first kappa shape index (κ1) is 36.8. The molecule has 11 nitrogen and oxygen atoms in total. The van der Waals surface area contributed by atoms with Crippen LogP contribution < -0.4 is 14.5 Å². The van der Waals surface area contributed by atoms with Crippen molar-refractivity contribution in [2.45, 2.75) is 75.5 Å². The summed E-state index contributed by atoms with van der Waals surface area (Å²) in [6.45, 7) is 6.51. The van der Waals surface area contributed by atoms with E-state index < -0.39 is 20.0 Å². The molecule has 1 spiro atoms. The van der Waals surface area contributed by atoms with Gasteiger partial charge >= 0.3 is 0 Å². The largest absolute Gasteiger partial charge is 0.497 e. The van der Waals surface area contributed by atoms with Crippen molar-refractivity contribution in [1.82, 2.24) is 15.0 Å². The molecule has 0 bridgehead atoms. The van der Waals surface area contributed by atoms with Crippen molar-refractivity contribution in [3.8, 4) is 5.75 Å². The minimum absolute atomic E-state index is 0.0589. The maximum absolute atomic E-state index is 15.0. The average molecular weight is 758 g/mol. The van der Waals surface area contributed by atoms with Crippen LogP contribution in [0.3, 0.4) is 0 Å². The molecule has 0 saturated carbocycles. The summed E-state index contributed by atoms with van der Waals surface area (Å²) in [6.07, 6.45) is 3.09. The summed E-state index contributed by atoms with van der Waals surface area (Å²) in [6, 6.07) is 31.2. The van der Waals surface area contributed by atoms with Crippen LogP contribution in [-0.4, -0.2) is 64.8 Å². The van der Waals surface area contributed by atoms with Crippen LogP contribution in [0.5, 0.6) is 5.75 Å². The van der Waals surface area contributed by atoms with Gasteiger partial charge in [-0.2, -0.15) is 0 Å². The molecule has 5 aromatic rings. The van der Waals surface area contributed by atoms with Gasteiger partial charge in [-0.1, -0.05) is 72.8 Å². The number of hydrogen-bond donors (Lipinski definition) is 2. The monoisotopic (exact) mass is 757 g/mol. The molecular formula is C43H47N5O6Si. The second kappa shape index (κ2) is 14.5. The molecule has 5 atom stereocenters. The van der Waals surface area contributed by atoms with E-state index >= 15 is 4.79 Å². The van der Waals surface area contributed by atoms with Crippen molar-refractivity contribution in [1.29, 1.82) is 0 Å². The van der Waals surface area contributed by atoms with E-state index in [1.807, 2.05) is 117 Å². The lowest BCUT2D eigenvalue weighted by molar-refractivity contribution is -0.146. The lowest BCUT2D eigenvalue weighted by Crippen LogP contribution is -2.46. The van der Waals surface area contributed by atoms with Crippen LogP contribution >= 0.6 is 0 Å². The predicted molar refractivity (Wildman–Crippen MR) is 212 cm³/mol. The van der Waals surface area contributed by atoms with Crippen molar-refractivity contribution in [3.05, 3.63) is 131 Å². The van der Waals surface area contributed by atoms with E-state index in [0.717, 1.165) is 45.7 Å². The first-order valence-corrected chi connectivity index (χ1v) is 22.0. The van der Waals surface area contributed by atoms with Crippen LogP contribution in [0, 0.1) is 5.92 Å². The van der Waals surface area contributed by atoms with Gasteiger partial charge in [-0.3, -0.25) is 19.2 Å². The first-order valence-electron chi connectivity index (χ1n) is 19.0. The highest BCUT2D eigenvalue weighted by Gasteiger charge is 2.66. The average Bonchev–Trinajstić information content (AvgIpc) is 3.85. The van der Waals surface area contributed by atoms with Crippen molar-refractivity contribution < 1.29 is 29.0 Å². The number of para-hydroxylation sites is 1. The van der Waals surface area contributed by atoms with E-state index in [2.05, 4.69) is 16.4 Å². The number of hydrogen-bond acceptors (Lipinski definition) is 8. The predicted octanol–water partition coefficient (Wildman–Crippen LogP) is 6.46. The number of aliphatic hydroxyl groups excluding tert-OH is 1. The Bertz CT molecular complexity index is 2210. The molecule has 12 heteroatoms. The molecule has 1 aromatic heterocycles. The maximum atomic E-state index is 15.0. The van der Waals surface area contributed by atoms with Gasteiger partial charge in [0.05, 0.1) is 49.4 Å². The van der Waals surface area contributed by atoms with Gasteiger partial charge in [0.15, 0.2) is 13.9 Å². The highest BCUT2D eigenvalue weighted by molar-refractivity contribution is 6.71. The standard InChI is InChI=1S/C43H47N5O6Si/c1-28-41(55(3,4)52)39(22-23-46-26-36(44-45-46)34(27-49)30-10-6-5-7-11-30)54-43(28)35-24-33(53-2)19-20-38(35)47(42(43)51)25-29-14-17-32(18-15-29)48-37-13-9-8-12-31(37)16-21-40(48)50/h5-15,17-20,24,26,28,34,39,41,49,52H,16,21-23,25,27H2,1-4H3/t28-,34?,39+,41-,43+/m0/s1. The summed E-state index contributed by atoms with van der Waals surface area (Å²) in [7, 11) is -1.30. The fraction of sp³-hybridized carbons (Fsp3) is 0.349. The van der Waals surface area contributed by atoms with Gasteiger partial charge < -0.3 is 24.3 Å². The Labute approximate surface area is 322 Å². The fourth-order valence-electron chi connectivity index (χ4n) is 9.15. The third-order valence-electron chi connectivity index (χ3n) is 11.8. The number of aliphatic hydroxyl groups is 1. The molecule has 3 aliphatic rings. The topological polar surface area (TPSA) is 130 Å². The van der Waals surface area contributed by atoms with E-state index in [-0.39, 0.29) is 35.8 Å². The molecule has 3 aliphatic heterocycles. The van der Waals surface area contributed by atoms with Crippen LogP contribution in [0.2, 0.25) is 18.6 Å². The Balaban J connectivity index is 1.07. The number of methoxy groups -OCH3 is 1. The van der Waals surface area contributed by atoms with E-state index in [4.69, 9.17) is 9.47 Å². The second-order valence-corrected chi connectivity index (χ2v) is 19.5. The Hall–Kier alpha value is -5.14. The van der Waals surface area contributed by atoms with Gasteiger partial charge in [0.25, 0.3) is 5.91 Å². The zero-order valence-electron chi connectivity index (χ0n) is 31.6. The minimum atomic E-state index is -2.90.